The molecule has 0 saturated carbocycles. The highest BCUT2D eigenvalue weighted by Gasteiger charge is 2.15. The summed E-state index contributed by atoms with van der Waals surface area (Å²) < 4.78 is 51.7. The van der Waals surface area contributed by atoms with Gasteiger partial charge in [0.25, 0.3) is 15.9 Å². The van der Waals surface area contributed by atoms with Crippen molar-refractivity contribution in [1.29, 1.82) is 0 Å². The predicted molar refractivity (Wildman–Crippen MR) is 134 cm³/mol. The summed E-state index contributed by atoms with van der Waals surface area (Å²) in [4.78, 5) is 12.4. The van der Waals surface area contributed by atoms with Gasteiger partial charge in [0.05, 0.1) is 17.7 Å². The minimum absolute atomic E-state index is 0.0858. The first-order valence-corrected chi connectivity index (χ1v) is 12.4. The largest absolute Gasteiger partial charge is 0.494 e. The molecule has 8 nitrogen and oxygen atoms in total. The van der Waals surface area contributed by atoms with Crippen LogP contribution in [0.2, 0.25) is 0 Å². The van der Waals surface area contributed by atoms with Gasteiger partial charge in [0, 0.05) is 16.8 Å². The first kappa shape index (κ1) is 24.7. The van der Waals surface area contributed by atoms with E-state index in [0.717, 1.165) is 0 Å². The standard InChI is InChI=1S/C26H22FN3O5S/c1-2-34-22-11-14-24(15-12-22)36(32,33)30-21-9-5-19(6-10-21)26(31)29-28-17-23-13-16-25(35-23)18-3-7-20(27)8-4-18/h3-17,30H,2H2,1H3,(H,29,31)/b28-17+. The maximum atomic E-state index is 13.1. The van der Waals surface area contributed by atoms with Crippen molar-refractivity contribution in [3.05, 3.63) is 102 Å². The summed E-state index contributed by atoms with van der Waals surface area (Å²) in [5.74, 6) is 0.680. The first-order valence-electron chi connectivity index (χ1n) is 10.9. The second-order valence-corrected chi connectivity index (χ2v) is 9.18. The van der Waals surface area contributed by atoms with Gasteiger partial charge in [0.1, 0.15) is 23.1 Å². The van der Waals surface area contributed by atoms with E-state index in [1.54, 1.807) is 36.4 Å². The zero-order valence-corrected chi connectivity index (χ0v) is 20.0. The highest BCUT2D eigenvalue weighted by Crippen LogP contribution is 2.22. The molecule has 0 aliphatic heterocycles. The minimum atomic E-state index is -3.80. The van der Waals surface area contributed by atoms with E-state index in [-0.39, 0.29) is 16.3 Å². The van der Waals surface area contributed by atoms with Crippen LogP contribution in [0.15, 0.2) is 99.3 Å². The lowest BCUT2D eigenvalue weighted by Crippen LogP contribution is -2.18. The molecule has 0 unspecified atom stereocenters. The van der Waals surface area contributed by atoms with E-state index in [9.17, 15) is 17.6 Å². The molecule has 0 radical (unpaired) electrons. The molecule has 4 aromatic rings. The van der Waals surface area contributed by atoms with Crippen molar-refractivity contribution in [1.82, 2.24) is 5.43 Å². The molecule has 36 heavy (non-hydrogen) atoms. The average molecular weight is 508 g/mol. The Labute approximate surface area is 207 Å². The first-order chi connectivity index (χ1) is 17.3. The van der Waals surface area contributed by atoms with E-state index in [1.165, 1.54) is 54.7 Å². The molecule has 0 saturated heterocycles. The van der Waals surface area contributed by atoms with Crippen molar-refractivity contribution in [3.8, 4) is 17.1 Å². The van der Waals surface area contributed by atoms with Gasteiger partial charge in [-0.05, 0) is 91.9 Å². The zero-order chi connectivity index (χ0) is 25.5. The van der Waals surface area contributed by atoms with Gasteiger partial charge >= 0.3 is 0 Å². The molecule has 0 fully saturated rings. The molecule has 3 aromatic carbocycles. The Kier molecular flexibility index (Phi) is 7.45. The number of hydrogen-bond acceptors (Lipinski definition) is 6. The quantitative estimate of drug-likeness (QED) is 0.243. The Hall–Kier alpha value is -4.44. The van der Waals surface area contributed by atoms with Gasteiger partial charge in [-0.2, -0.15) is 5.10 Å². The van der Waals surface area contributed by atoms with Crippen molar-refractivity contribution in [2.75, 3.05) is 11.3 Å². The Morgan fingerprint density at radius 1 is 0.972 bits per heavy atom. The highest BCUT2D eigenvalue weighted by molar-refractivity contribution is 7.92. The molecule has 1 aromatic heterocycles. The summed E-state index contributed by atoms with van der Waals surface area (Å²) >= 11 is 0. The minimum Gasteiger partial charge on any atom is -0.494 e. The van der Waals surface area contributed by atoms with Crippen LogP contribution in [0.5, 0.6) is 5.75 Å². The van der Waals surface area contributed by atoms with Crippen LogP contribution in [-0.4, -0.2) is 27.1 Å². The van der Waals surface area contributed by atoms with Crippen LogP contribution < -0.4 is 14.9 Å². The van der Waals surface area contributed by atoms with Crippen LogP contribution >= 0.6 is 0 Å². The molecular formula is C26H22FN3O5S. The van der Waals surface area contributed by atoms with E-state index in [1.807, 2.05) is 6.92 Å². The van der Waals surface area contributed by atoms with Gasteiger partial charge in [0.15, 0.2) is 0 Å². The summed E-state index contributed by atoms with van der Waals surface area (Å²) in [6.07, 6.45) is 1.34. The number of halogens is 1. The zero-order valence-electron chi connectivity index (χ0n) is 19.1. The molecular weight excluding hydrogens is 485 g/mol. The number of hydrogen-bond donors (Lipinski definition) is 2. The summed E-state index contributed by atoms with van der Waals surface area (Å²) in [5.41, 5.74) is 3.67. The summed E-state index contributed by atoms with van der Waals surface area (Å²) in [6, 6.07) is 21.2. The second-order valence-electron chi connectivity index (χ2n) is 7.50. The number of ether oxygens (including phenoxy) is 1. The van der Waals surface area contributed by atoms with Crippen molar-refractivity contribution in [2.45, 2.75) is 11.8 Å². The lowest BCUT2D eigenvalue weighted by molar-refractivity contribution is 0.0955. The lowest BCUT2D eigenvalue weighted by atomic mass is 10.2. The summed E-state index contributed by atoms with van der Waals surface area (Å²) in [5, 5.41) is 3.88. The Morgan fingerprint density at radius 2 is 1.67 bits per heavy atom. The van der Waals surface area contributed by atoms with Gasteiger partial charge in [-0.15, -0.1) is 0 Å². The van der Waals surface area contributed by atoms with Crippen LogP contribution in [0, 0.1) is 5.82 Å². The monoisotopic (exact) mass is 507 g/mol. The maximum Gasteiger partial charge on any atom is 0.271 e. The Balaban J connectivity index is 1.34. The number of furan rings is 1. The number of nitrogens with zero attached hydrogens (tertiary/aromatic N) is 1. The van der Waals surface area contributed by atoms with E-state index < -0.39 is 15.9 Å². The van der Waals surface area contributed by atoms with E-state index in [2.05, 4.69) is 15.2 Å². The number of anilines is 1. The van der Waals surface area contributed by atoms with Crippen LogP contribution in [0.1, 0.15) is 23.0 Å². The molecule has 184 valence electrons. The number of sulfonamides is 1. The summed E-state index contributed by atoms with van der Waals surface area (Å²) in [7, 11) is -3.80. The Bertz CT molecular complexity index is 1460. The predicted octanol–water partition coefficient (Wildman–Crippen LogP) is 5.05. The fourth-order valence-corrected chi connectivity index (χ4v) is 4.25. The summed E-state index contributed by atoms with van der Waals surface area (Å²) in [6.45, 7) is 2.32. The highest BCUT2D eigenvalue weighted by atomic mass is 32.2. The molecule has 0 atom stereocenters. The van der Waals surface area contributed by atoms with Crippen LogP contribution in [0.25, 0.3) is 11.3 Å². The smallest absolute Gasteiger partial charge is 0.271 e. The molecule has 0 spiro atoms. The number of carbonyl (C=O) groups is 1. The number of nitrogens with one attached hydrogen (secondary N) is 2. The third-order valence-corrected chi connectivity index (χ3v) is 6.35. The third-order valence-electron chi connectivity index (χ3n) is 4.96. The van der Waals surface area contributed by atoms with Gasteiger partial charge < -0.3 is 9.15 Å². The van der Waals surface area contributed by atoms with E-state index in [0.29, 0.717) is 35.1 Å². The number of benzene rings is 3. The van der Waals surface area contributed by atoms with Crippen molar-refractivity contribution in [3.63, 3.8) is 0 Å². The van der Waals surface area contributed by atoms with Crippen LogP contribution in [-0.2, 0) is 10.0 Å². The van der Waals surface area contributed by atoms with Gasteiger partial charge in [0.2, 0.25) is 0 Å². The van der Waals surface area contributed by atoms with Gasteiger partial charge in [-0.25, -0.2) is 18.2 Å². The third kappa shape index (κ3) is 6.16. The second kappa shape index (κ2) is 10.9. The van der Waals surface area contributed by atoms with E-state index >= 15 is 0 Å². The number of rotatable bonds is 9. The van der Waals surface area contributed by atoms with Crippen LogP contribution in [0.3, 0.4) is 0 Å². The van der Waals surface area contributed by atoms with Crippen molar-refractivity contribution < 1.29 is 26.8 Å². The molecule has 0 aliphatic rings. The van der Waals surface area contributed by atoms with Crippen molar-refractivity contribution in [2.24, 2.45) is 5.10 Å². The average Bonchev–Trinajstić information content (AvgIpc) is 3.34. The molecule has 0 bridgehead atoms. The molecule has 2 N–H and O–H groups in total. The Morgan fingerprint density at radius 3 is 2.33 bits per heavy atom. The normalized spacial score (nSPS) is 11.4. The molecule has 10 heteroatoms. The fraction of sp³-hybridized carbons (Fsp3) is 0.0769. The van der Waals surface area contributed by atoms with Gasteiger partial charge in [-0.3, -0.25) is 9.52 Å². The molecule has 1 amide bonds. The lowest BCUT2D eigenvalue weighted by Gasteiger charge is -2.09. The maximum absolute atomic E-state index is 13.1. The molecule has 1 heterocycles. The number of carbonyl (C=O) groups excluding carboxylic acids is 1. The van der Waals surface area contributed by atoms with E-state index in [4.69, 9.17) is 9.15 Å². The molecule has 4 rings (SSSR count). The van der Waals surface area contributed by atoms with Gasteiger partial charge in [-0.1, -0.05) is 0 Å². The number of amides is 1. The van der Waals surface area contributed by atoms with Crippen LogP contribution in [0.4, 0.5) is 10.1 Å². The topological polar surface area (TPSA) is 110 Å². The fourth-order valence-electron chi connectivity index (χ4n) is 3.20. The molecule has 0 aliphatic carbocycles. The van der Waals surface area contributed by atoms with Crippen molar-refractivity contribution >= 4 is 27.8 Å². The SMILES string of the molecule is CCOc1ccc(S(=O)(=O)Nc2ccc(C(=O)N/N=C/c3ccc(-c4ccc(F)cc4)o3)cc2)cc1. The number of hydrazone groups is 1.